The van der Waals surface area contributed by atoms with Crippen molar-refractivity contribution in [1.29, 1.82) is 0 Å². The number of nitrogens with one attached hydrogen (secondary N) is 2. The quantitative estimate of drug-likeness (QED) is 0.735. The lowest BCUT2D eigenvalue weighted by atomic mass is 10.0. The largest absolute Gasteiger partial charge is 0.325 e. The third-order valence-electron chi connectivity index (χ3n) is 3.88. The van der Waals surface area contributed by atoms with E-state index in [1.807, 2.05) is 36.5 Å². The second-order valence-corrected chi connectivity index (χ2v) is 6.71. The zero-order valence-corrected chi connectivity index (χ0v) is 16.3. The summed E-state index contributed by atoms with van der Waals surface area (Å²) in [7, 11) is 0. The molecule has 1 amide bonds. The van der Waals surface area contributed by atoms with Crippen LogP contribution in [0.3, 0.4) is 0 Å². The number of benzene rings is 1. The van der Waals surface area contributed by atoms with Crippen molar-refractivity contribution in [3.05, 3.63) is 54.4 Å². The van der Waals surface area contributed by atoms with Crippen LogP contribution < -0.4 is 10.6 Å². The van der Waals surface area contributed by atoms with Crippen LogP contribution in [0.2, 0.25) is 0 Å². The van der Waals surface area contributed by atoms with Gasteiger partial charge in [-0.1, -0.05) is 12.5 Å². The molecule has 136 valence electrons. The van der Waals surface area contributed by atoms with Gasteiger partial charge < -0.3 is 10.6 Å². The van der Waals surface area contributed by atoms with Crippen LogP contribution in [0.25, 0.3) is 0 Å². The van der Waals surface area contributed by atoms with Crippen LogP contribution in [0, 0.1) is 0 Å². The number of halogens is 2. The lowest BCUT2D eigenvalue weighted by Gasteiger charge is -2.22. The first-order valence-corrected chi connectivity index (χ1v) is 8.96. The second-order valence-electron chi connectivity index (χ2n) is 5.67. The molecule has 4 nitrogen and oxygen atoms in total. The van der Waals surface area contributed by atoms with Gasteiger partial charge in [0.15, 0.2) is 0 Å². The Morgan fingerprint density at radius 2 is 2.00 bits per heavy atom. The van der Waals surface area contributed by atoms with Gasteiger partial charge in [0, 0.05) is 28.7 Å². The number of hydrogen-bond acceptors (Lipinski definition) is 4. The minimum Gasteiger partial charge on any atom is -0.325 e. The molecule has 1 aromatic heterocycles. The summed E-state index contributed by atoms with van der Waals surface area (Å²) < 4.78 is 0. The van der Waals surface area contributed by atoms with Gasteiger partial charge in [-0.25, -0.2) is 0 Å². The van der Waals surface area contributed by atoms with E-state index in [-0.39, 0.29) is 36.8 Å². The van der Waals surface area contributed by atoms with Gasteiger partial charge in [0.2, 0.25) is 5.91 Å². The van der Waals surface area contributed by atoms with Crippen molar-refractivity contribution in [2.75, 3.05) is 11.9 Å². The fraction of sp³-hybridized carbons (Fsp3) is 0.333. The minimum atomic E-state index is -0.0524. The van der Waals surface area contributed by atoms with E-state index >= 15 is 0 Å². The fourth-order valence-corrected chi connectivity index (χ4v) is 3.42. The molecule has 0 radical (unpaired) electrons. The van der Waals surface area contributed by atoms with E-state index in [0.717, 1.165) is 37.2 Å². The van der Waals surface area contributed by atoms with E-state index in [2.05, 4.69) is 21.7 Å². The molecule has 1 saturated heterocycles. The number of pyridine rings is 1. The third kappa shape index (κ3) is 6.86. The van der Waals surface area contributed by atoms with Crippen LogP contribution in [0.1, 0.15) is 24.8 Å². The van der Waals surface area contributed by atoms with E-state index < -0.39 is 0 Å². The van der Waals surface area contributed by atoms with Crippen LogP contribution >= 0.6 is 36.6 Å². The maximum atomic E-state index is 12.2. The Labute approximate surface area is 165 Å². The second kappa shape index (κ2) is 11.4. The lowest BCUT2D eigenvalue weighted by molar-refractivity contribution is -0.118. The molecule has 0 saturated carbocycles. The number of carbonyl (C=O) groups is 1. The summed E-state index contributed by atoms with van der Waals surface area (Å²) in [5.41, 5.74) is 2.06. The first-order valence-electron chi connectivity index (χ1n) is 7.97. The molecule has 2 N–H and O–H groups in total. The standard InChI is InChI=1S/C18H21N3OS.2ClH/c22-18(17-5-1-2-11-20-17)21-15-6-8-16(9-7-15)23-13-14-4-3-10-19-12-14;;/h3-4,6-10,12,17,20H,1-2,5,11,13H2,(H,21,22);2*1H/t17-;;/m0../s1. The highest BCUT2D eigenvalue weighted by atomic mass is 35.5. The van der Waals surface area contributed by atoms with Crippen LogP contribution in [-0.2, 0) is 10.5 Å². The van der Waals surface area contributed by atoms with Gasteiger partial charge in [-0.2, -0.15) is 0 Å². The number of carbonyl (C=O) groups excluding carboxylic acids is 1. The summed E-state index contributed by atoms with van der Waals surface area (Å²) in [5, 5.41) is 6.26. The van der Waals surface area contributed by atoms with Crippen molar-refractivity contribution in [3.63, 3.8) is 0 Å². The van der Waals surface area contributed by atoms with E-state index in [4.69, 9.17) is 0 Å². The number of hydrogen-bond donors (Lipinski definition) is 2. The summed E-state index contributed by atoms with van der Waals surface area (Å²) in [6.45, 7) is 0.933. The number of nitrogens with zero attached hydrogens (tertiary/aromatic N) is 1. The van der Waals surface area contributed by atoms with Crippen molar-refractivity contribution < 1.29 is 4.79 Å². The molecule has 2 aromatic rings. The summed E-state index contributed by atoms with van der Waals surface area (Å²) in [5.74, 6) is 0.964. The Hall–Kier alpha value is -1.27. The summed E-state index contributed by atoms with van der Waals surface area (Å²) in [6, 6.07) is 12.0. The molecule has 0 aliphatic carbocycles. The predicted octanol–water partition coefficient (Wildman–Crippen LogP) is 4.30. The fourth-order valence-electron chi connectivity index (χ4n) is 2.59. The Kier molecular flexibility index (Phi) is 9.90. The molecular formula is C18H23Cl2N3OS. The average molecular weight is 400 g/mol. The molecule has 1 atom stereocenters. The smallest absolute Gasteiger partial charge is 0.241 e. The normalized spacial score (nSPS) is 16.2. The zero-order chi connectivity index (χ0) is 15.9. The number of piperidine rings is 1. The summed E-state index contributed by atoms with van der Waals surface area (Å²) in [4.78, 5) is 17.5. The molecule has 1 fully saturated rings. The average Bonchev–Trinajstić information content (AvgIpc) is 2.63. The van der Waals surface area contributed by atoms with Crippen molar-refractivity contribution in [2.24, 2.45) is 0 Å². The van der Waals surface area contributed by atoms with E-state index in [1.165, 1.54) is 10.5 Å². The van der Waals surface area contributed by atoms with Gasteiger partial charge >= 0.3 is 0 Å². The molecule has 0 bridgehead atoms. The Bertz CT molecular complexity index is 635. The highest BCUT2D eigenvalue weighted by Gasteiger charge is 2.20. The molecule has 1 aliphatic heterocycles. The highest BCUT2D eigenvalue weighted by molar-refractivity contribution is 7.98. The molecule has 3 rings (SSSR count). The topological polar surface area (TPSA) is 54.0 Å². The number of thioether (sulfide) groups is 1. The van der Waals surface area contributed by atoms with Gasteiger partial charge in [0.1, 0.15) is 0 Å². The zero-order valence-electron chi connectivity index (χ0n) is 13.8. The number of anilines is 1. The SMILES string of the molecule is Cl.Cl.O=C(Nc1ccc(SCc2cccnc2)cc1)[C@@H]1CCCCN1. The van der Waals surface area contributed by atoms with Crippen LogP contribution in [0.4, 0.5) is 5.69 Å². The summed E-state index contributed by atoms with van der Waals surface area (Å²) >= 11 is 1.76. The first-order chi connectivity index (χ1) is 11.3. The predicted molar refractivity (Wildman–Crippen MR) is 109 cm³/mol. The van der Waals surface area contributed by atoms with Crippen LogP contribution in [-0.4, -0.2) is 23.5 Å². The van der Waals surface area contributed by atoms with Gasteiger partial charge in [-0.15, -0.1) is 36.6 Å². The van der Waals surface area contributed by atoms with Crippen molar-refractivity contribution in [1.82, 2.24) is 10.3 Å². The Balaban J connectivity index is 0.00000156. The number of amides is 1. The minimum absolute atomic E-state index is 0. The Morgan fingerprint density at radius 3 is 2.64 bits per heavy atom. The van der Waals surface area contributed by atoms with E-state index in [1.54, 1.807) is 18.0 Å². The molecule has 0 spiro atoms. The molecular weight excluding hydrogens is 377 g/mol. The van der Waals surface area contributed by atoms with Crippen molar-refractivity contribution >= 4 is 48.2 Å². The van der Waals surface area contributed by atoms with Gasteiger partial charge in [-0.05, 0) is 55.3 Å². The van der Waals surface area contributed by atoms with Crippen LogP contribution in [0.15, 0.2) is 53.7 Å². The van der Waals surface area contributed by atoms with Gasteiger partial charge in [-0.3, -0.25) is 9.78 Å². The molecule has 1 aromatic carbocycles. The van der Waals surface area contributed by atoms with E-state index in [0.29, 0.717) is 0 Å². The molecule has 1 aliphatic rings. The lowest BCUT2D eigenvalue weighted by Crippen LogP contribution is -2.43. The first kappa shape index (κ1) is 21.8. The van der Waals surface area contributed by atoms with Crippen molar-refractivity contribution in [3.8, 4) is 0 Å². The molecule has 7 heteroatoms. The number of aromatic nitrogens is 1. The highest BCUT2D eigenvalue weighted by Crippen LogP contribution is 2.24. The Morgan fingerprint density at radius 1 is 1.20 bits per heavy atom. The number of rotatable bonds is 5. The maximum absolute atomic E-state index is 12.2. The van der Waals surface area contributed by atoms with Gasteiger partial charge in [0.05, 0.1) is 6.04 Å². The molecule has 25 heavy (non-hydrogen) atoms. The molecule has 2 heterocycles. The van der Waals surface area contributed by atoms with Crippen LogP contribution in [0.5, 0.6) is 0 Å². The summed E-state index contributed by atoms with van der Waals surface area (Å²) in [6.07, 6.45) is 6.87. The van der Waals surface area contributed by atoms with Gasteiger partial charge in [0.25, 0.3) is 0 Å². The third-order valence-corrected chi connectivity index (χ3v) is 4.96. The van der Waals surface area contributed by atoms with E-state index in [9.17, 15) is 4.79 Å². The monoisotopic (exact) mass is 399 g/mol. The maximum Gasteiger partial charge on any atom is 0.241 e. The van der Waals surface area contributed by atoms with Crippen molar-refractivity contribution in [2.45, 2.75) is 36.0 Å². The molecule has 0 unspecified atom stereocenters.